The minimum absolute atomic E-state index is 0.224. The van der Waals surface area contributed by atoms with E-state index in [2.05, 4.69) is 15.5 Å². The second-order valence-corrected chi connectivity index (χ2v) is 8.17. The molecule has 1 aliphatic heterocycles. The first-order chi connectivity index (χ1) is 14.9. The minimum Gasteiger partial charge on any atom is -0.338 e. The topological polar surface area (TPSA) is 71.3 Å². The Morgan fingerprint density at radius 2 is 2.03 bits per heavy atom. The molecule has 1 unspecified atom stereocenters. The first-order valence-electron chi connectivity index (χ1n) is 9.65. The summed E-state index contributed by atoms with van der Waals surface area (Å²) in [5, 5.41) is 7.57. The number of rotatable bonds is 5. The molecule has 1 N–H and O–H groups in total. The summed E-state index contributed by atoms with van der Waals surface area (Å²) in [6, 6.07) is 8.31. The molecule has 0 saturated carbocycles. The van der Waals surface area contributed by atoms with E-state index in [0.717, 1.165) is 25.1 Å². The molecule has 10 heteroatoms. The van der Waals surface area contributed by atoms with Crippen LogP contribution in [0.3, 0.4) is 0 Å². The maximum absolute atomic E-state index is 13.4. The van der Waals surface area contributed by atoms with E-state index in [9.17, 15) is 13.6 Å². The maximum atomic E-state index is 13.4. The number of aromatic nitrogens is 2. The molecule has 2 heterocycles. The van der Waals surface area contributed by atoms with Gasteiger partial charge in [0.2, 0.25) is 17.6 Å². The standard InChI is InChI=1S/C21H18Cl2F2N4O2/c22-13-3-5-15(16(23)8-13)20-27-19(31-28-20)11-29-7-1-2-12(10-29)21(30)26-14-4-6-17(24)18(25)9-14/h3-6,8-9,12H,1-2,7,10-11H2,(H,26,30). The van der Waals surface area contributed by atoms with E-state index in [1.54, 1.807) is 18.2 Å². The molecular weight excluding hydrogens is 449 g/mol. The number of carbonyl (C=O) groups excluding carboxylic acids is 1. The molecule has 0 radical (unpaired) electrons. The average Bonchev–Trinajstić information content (AvgIpc) is 3.19. The summed E-state index contributed by atoms with van der Waals surface area (Å²) in [5.41, 5.74) is 0.839. The lowest BCUT2D eigenvalue weighted by Gasteiger charge is -2.30. The second kappa shape index (κ2) is 9.30. The average molecular weight is 467 g/mol. The lowest BCUT2D eigenvalue weighted by atomic mass is 9.97. The molecule has 162 valence electrons. The Bertz CT molecular complexity index is 1110. The van der Waals surface area contributed by atoms with Gasteiger partial charge in [0.05, 0.1) is 17.5 Å². The predicted molar refractivity (Wildman–Crippen MR) is 113 cm³/mol. The molecular formula is C21H18Cl2F2N4O2. The van der Waals surface area contributed by atoms with Gasteiger partial charge in [-0.05, 0) is 49.7 Å². The highest BCUT2D eigenvalue weighted by Gasteiger charge is 2.27. The van der Waals surface area contributed by atoms with Crippen molar-refractivity contribution in [1.29, 1.82) is 0 Å². The molecule has 1 saturated heterocycles. The molecule has 1 atom stereocenters. The number of likely N-dealkylation sites (tertiary alicyclic amines) is 1. The summed E-state index contributed by atoms with van der Waals surface area (Å²) >= 11 is 12.1. The van der Waals surface area contributed by atoms with Crippen LogP contribution in [0, 0.1) is 17.6 Å². The molecule has 1 fully saturated rings. The number of anilines is 1. The molecule has 0 spiro atoms. The Morgan fingerprint density at radius 1 is 1.19 bits per heavy atom. The van der Waals surface area contributed by atoms with Gasteiger partial charge in [-0.1, -0.05) is 28.4 Å². The van der Waals surface area contributed by atoms with Gasteiger partial charge >= 0.3 is 0 Å². The Balaban J connectivity index is 1.38. The zero-order valence-electron chi connectivity index (χ0n) is 16.2. The van der Waals surface area contributed by atoms with E-state index in [-0.39, 0.29) is 17.5 Å². The quantitative estimate of drug-likeness (QED) is 0.561. The fourth-order valence-electron chi connectivity index (χ4n) is 3.52. The van der Waals surface area contributed by atoms with Crippen LogP contribution in [-0.2, 0) is 11.3 Å². The van der Waals surface area contributed by atoms with Gasteiger partial charge in [-0.15, -0.1) is 0 Å². The smallest absolute Gasteiger partial charge is 0.241 e. The van der Waals surface area contributed by atoms with Crippen molar-refractivity contribution in [3.8, 4) is 11.4 Å². The summed E-state index contributed by atoms with van der Waals surface area (Å²) in [6.07, 6.45) is 1.50. The number of amides is 1. The molecule has 1 aromatic heterocycles. The number of nitrogens with one attached hydrogen (secondary N) is 1. The van der Waals surface area contributed by atoms with E-state index in [1.165, 1.54) is 6.07 Å². The van der Waals surface area contributed by atoms with Gasteiger partial charge in [0.15, 0.2) is 11.6 Å². The van der Waals surface area contributed by atoms with Crippen LogP contribution in [0.1, 0.15) is 18.7 Å². The highest BCUT2D eigenvalue weighted by atomic mass is 35.5. The highest BCUT2D eigenvalue weighted by Crippen LogP contribution is 2.29. The zero-order valence-corrected chi connectivity index (χ0v) is 17.8. The van der Waals surface area contributed by atoms with Crippen molar-refractivity contribution in [2.75, 3.05) is 18.4 Å². The van der Waals surface area contributed by atoms with Crippen LogP contribution >= 0.6 is 23.2 Å². The molecule has 0 aliphatic carbocycles. The van der Waals surface area contributed by atoms with Crippen LogP contribution in [0.5, 0.6) is 0 Å². The predicted octanol–water partition coefficient (Wildman–Crippen LogP) is 5.17. The van der Waals surface area contributed by atoms with Crippen molar-refractivity contribution in [2.24, 2.45) is 5.92 Å². The Hall–Kier alpha value is -2.55. The van der Waals surface area contributed by atoms with Gasteiger partial charge in [0.1, 0.15) is 0 Å². The number of hydrogen-bond donors (Lipinski definition) is 1. The molecule has 1 amide bonds. The molecule has 1 aliphatic rings. The van der Waals surface area contributed by atoms with Crippen molar-refractivity contribution >= 4 is 34.8 Å². The lowest BCUT2D eigenvalue weighted by molar-refractivity contribution is -0.121. The van der Waals surface area contributed by atoms with Crippen LogP contribution in [0.25, 0.3) is 11.4 Å². The third kappa shape index (κ3) is 5.20. The number of hydrogen-bond acceptors (Lipinski definition) is 5. The molecule has 2 aromatic carbocycles. The van der Waals surface area contributed by atoms with Gasteiger partial charge in [0, 0.05) is 28.9 Å². The number of benzene rings is 2. The zero-order chi connectivity index (χ0) is 22.0. The van der Waals surface area contributed by atoms with Gasteiger partial charge in [-0.25, -0.2) is 8.78 Å². The Labute approximate surface area is 187 Å². The van der Waals surface area contributed by atoms with Crippen LogP contribution in [0.4, 0.5) is 14.5 Å². The minimum atomic E-state index is -1.00. The summed E-state index contributed by atoms with van der Waals surface area (Å²) < 4.78 is 31.8. The van der Waals surface area contributed by atoms with Crippen molar-refractivity contribution in [3.63, 3.8) is 0 Å². The monoisotopic (exact) mass is 466 g/mol. The number of carbonyl (C=O) groups is 1. The van der Waals surface area contributed by atoms with E-state index >= 15 is 0 Å². The van der Waals surface area contributed by atoms with Crippen LogP contribution in [0.2, 0.25) is 10.0 Å². The van der Waals surface area contributed by atoms with Crippen LogP contribution < -0.4 is 5.32 Å². The fraction of sp³-hybridized carbons (Fsp3) is 0.286. The number of piperidine rings is 1. The van der Waals surface area contributed by atoms with Crippen molar-refractivity contribution < 1.29 is 18.1 Å². The first kappa shape index (κ1) is 21.7. The Kier molecular flexibility index (Phi) is 6.50. The third-order valence-corrected chi connectivity index (χ3v) is 5.61. The number of halogens is 4. The van der Waals surface area contributed by atoms with Gasteiger partial charge < -0.3 is 9.84 Å². The fourth-order valence-corrected chi connectivity index (χ4v) is 4.01. The summed E-state index contributed by atoms with van der Waals surface area (Å²) in [5.74, 6) is -1.73. The van der Waals surface area contributed by atoms with E-state index in [4.69, 9.17) is 27.7 Å². The van der Waals surface area contributed by atoms with Crippen molar-refractivity contribution in [1.82, 2.24) is 15.0 Å². The molecule has 6 nitrogen and oxygen atoms in total. The summed E-state index contributed by atoms with van der Waals surface area (Å²) in [6.45, 7) is 1.64. The molecule has 0 bridgehead atoms. The largest absolute Gasteiger partial charge is 0.338 e. The number of nitrogens with zero attached hydrogens (tertiary/aromatic N) is 3. The maximum Gasteiger partial charge on any atom is 0.241 e. The van der Waals surface area contributed by atoms with Gasteiger partial charge in [-0.2, -0.15) is 4.98 Å². The summed E-state index contributed by atoms with van der Waals surface area (Å²) in [7, 11) is 0. The second-order valence-electron chi connectivity index (χ2n) is 7.33. The van der Waals surface area contributed by atoms with Crippen LogP contribution in [0.15, 0.2) is 40.9 Å². The first-order valence-corrected chi connectivity index (χ1v) is 10.4. The van der Waals surface area contributed by atoms with E-state index < -0.39 is 11.6 Å². The highest BCUT2D eigenvalue weighted by molar-refractivity contribution is 6.36. The van der Waals surface area contributed by atoms with Crippen LogP contribution in [-0.4, -0.2) is 34.0 Å². The van der Waals surface area contributed by atoms with E-state index in [1.807, 2.05) is 4.90 Å². The Morgan fingerprint density at radius 3 is 2.81 bits per heavy atom. The van der Waals surface area contributed by atoms with Crippen molar-refractivity contribution in [3.05, 3.63) is 64.0 Å². The molecule has 3 aromatic rings. The molecule has 4 rings (SSSR count). The van der Waals surface area contributed by atoms with Gasteiger partial charge in [0.25, 0.3) is 0 Å². The van der Waals surface area contributed by atoms with Crippen molar-refractivity contribution in [2.45, 2.75) is 19.4 Å². The normalized spacial score (nSPS) is 17.0. The van der Waals surface area contributed by atoms with Gasteiger partial charge in [-0.3, -0.25) is 9.69 Å². The summed E-state index contributed by atoms with van der Waals surface area (Å²) in [4.78, 5) is 19.0. The SMILES string of the molecule is O=C(Nc1ccc(F)c(F)c1)C1CCCN(Cc2nc(-c3ccc(Cl)cc3Cl)no2)C1. The molecule has 31 heavy (non-hydrogen) atoms. The lowest BCUT2D eigenvalue weighted by Crippen LogP contribution is -2.40. The third-order valence-electron chi connectivity index (χ3n) is 5.06. The van der Waals surface area contributed by atoms with E-state index in [0.29, 0.717) is 46.8 Å².